The van der Waals surface area contributed by atoms with Crippen molar-refractivity contribution in [2.45, 2.75) is 64.4 Å². The zero-order chi connectivity index (χ0) is 12.1. The van der Waals surface area contributed by atoms with E-state index < -0.39 is 0 Å². The molecule has 1 aliphatic carbocycles. The van der Waals surface area contributed by atoms with Crippen LogP contribution in [-0.4, -0.2) is 11.2 Å². The monoisotopic (exact) mass is 252 g/mol. The third-order valence-corrected chi connectivity index (χ3v) is 5.08. The maximum Gasteiger partial charge on any atom is 0.0591 e. The summed E-state index contributed by atoms with van der Waals surface area (Å²) < 4.78 is 0. The third kappa shape index (κ3) is 4.11. The molecule has 0 radical (unpaired) electrons. The van der Waals surface area contributed by atoms with Crippen molar-refractivity contribution in [3.63, 3.8) is 0 Å². The molecule has 1 N–H and O–H groups in total. The summed E-state index contributed by atoms with van der Waals surface area (Å²) in [5.41, 5.74) is 0. The molecule has 2 heteroatoms. The molecule has 96 valence electrons. The van der Waals surface area contributed by atoms with Crippen molar-refractivity contribution in [3.05, 3.63) is 21.9 Å². The first-order chi connectivity index (χ1) is 8.28. The van der Waals surface area contributed by atoms with E-state index in [1.807, 2.05) is 11.3 Å². The zero-order valence-electron chi connectivity index (χ0n) is 10.8. The van der Waals surface area contributed by atoms with Crippen LogP contribution in [0.3, 0.4) is 0 Å². The number of aryl methyl sites for hydroxylation is 1. The van der Waals surface area contributed by atoms with Crippen molar-refractivity contribution in [1.82, 2.24) is 0 Å². The van der Waals surface area contributed by atoms with E-state index in [1.165, 1.54) is 41.9 Å². The van der Waals surface area contributed by atoms with Gasteiger partial charge in [-0.15, -0.1) is 11.3 Å². The predicted molar refractivity (Wildman–Crippen MR) is 74.6 cm³/mol. The second-order valence-corrected chi connectivity index (χ2v) is 6.57. The normalized spacial score (nSPS) is 19.4. The molecule has 1 aromatic heterocycles. The van der Waals surface area contributed by atoms with Gasteiger partial charge in [0.05, 0.1) is 6.10 Å². The summed E-state index contributed by atoms with van der Waals surface area (Å²) >= 11 is 1.86. The standard InChI is InChI=1S/C15H24OS/c1-2-14-8-9-15(17-14)11-13(16)10-12-6-4-3-5-7-12/h8-9,12-13,16H,2-7,10-11H2,1H3. The molecular formula is C15H24OS. The minimum Gasteiger partial charge on any atom is -0.393 e. The molecule has 0 spiro atoms. The van der Waals surface area contributed by atoms with E-state index in [1.54, 1.807) is 0 Å². The number of aliphatic hydroxyl groups excluding tert-OH is 1. The number of aliphatic hydroxyl groups is 1. The van der Waals surface area contributed by atoms with Crippen LogP contribution in [0.15, 0.2) is 12.1 Å². The summed E-state index contributed by atoms with van der Waals surface area (Å²) in [7, 11) is 0. The van der Waals surface area contributed by atoms with E-state index >= 15 is 0 Å². The SMILES string of the molecule is CCc1ccc(CC(O)CC2CCCCC2)s1. The predicted octanol–water partition coefficient (Wildman–Crippen LogP) is 4.18. The summed E-state index contributed by atoms with van der Waals surface area (Å²) in [5.74, 6) is 0.782. The van der Waals surface area contributed by atoms with Crippen molar-refractivity contribution in [1.29, 1.82) is 0 Å². The number of thiophene rings is 1. The molecule has 2 rings (SSSR count). The highest BCUT2D eigenvalue weighted by Gasteiger charge is 2.18. The van der Waals surface area contributed by atoms with Crippen molar-refractivity contribution in [2.75, 3.05) is 0 Å². The van der Waals surface area contributed by atoms with Crippen molar-refractivity contribution >= 4 is 11.3 Å². The Morgan fingerprint density at radius 3 is 2.59 bits per heavy atom. The molecule has 0 saturated heterocycles. The first-order valence-electron chi connectivity index (χ1n) is 7.03. The number of hydrogen-bond acceptors (Lipinski definition) is 2. The van der Waals surface area contributed by atoms with Crippen LogP contribution in [0.5, 0.6) is 0 Å². The Hall–Kier alpha value is -0.340. The molecule has 1 aromatic rings. The largest absolute Gasteiger partial charge is 0.393 e. The van der Waals surface area contributed by atoms with Crippen molar-refractivity contribution < 1.29 is 5.11 Å². The van der Waals surface area contributed by atoms with Gasteiger partial charge in [0.2, 0.25) is 0 Å². The maximum absolute atomic E-state index is 10.1. The fourth-order valence-electron chi connectivity index (χ4n) is 2.85. The fourth-order valence-corrected chi connectivity index (χ4v) is 3.87. The molecular weight excluding hydrogens is 228 g/mol. The molecule has 1 heterocycles. The molecule has 1 saturated carbocycles. The van der Waals surface area contributed by atoms with Gasteiger partial charge >= 0.3 is 0 Å². The molecule has 17 heavy (non-hydrogen) atoms. The highest BCUT2D eigenvalue weighted by atomic mass is 32.1. The Morgan fingerprint density at radius 2 is 1.94 bits per heavy atom. The summed E-state index contributed by atoms with van der Waals surface area (Å²) in [5, 5.41) is 10.1. The van der Waals surface area contributed by atoms with Gasteiger partial charge in [0.15, 0.2) is 0 Å². The van der Waals surface area contributed by atoms with E-state index in [0.717, 1.165) is 25.2 Å². The second-order valence-electron chi connectivity index (χ2n) is 5.32. The van der Waals surface area contributed by atoms with Crippen LogP contribution >= 0.6 is 11.3 Å². The topological polar surface area (TPSA) is 20.2 Å². The maximum atomic E-state index is 10.1. The molecule has 1 aliphatic rings. The van der Waals surface area contributed by atoms with Crippen LogP contribution in [0.1, 0.15) is 55.2 Å². The van der Waals surface area contributed by atoms with E-state index in [2.05, 4.69) is 19.1 Å². The van der Waals surface area contributed by atoms with Crippen LogP contribution in [0.2, 0.25) is 0 Å². The Labute approximate surface area is 109 Å². The third-order valence-electron chi connectivity index (χ3n) is 3.83. The van der Waals surface area contributed by atoms with Gasteiger partial charge < -0.3 is 5.11 Å². The summed E-state index contributed by atoms with van der Waals surface area (Å²) in [6.45, 7) is 2.19. The Kier molecular flexibility index (Phi) is 5.05. The summed E-state index contributed by atoms with van der Waals surface area (Å²) in [6, 6.07) is 4.39. The number of rotatable bonds is 5. The average molecular weight is 252 g/mol. The minimum atomic E-state index is -0.124. The zero-order valence-corrected chi connectivity index (χ0v) is 11.6. The smallest absolute Gasteiger partial charge is 0.0591 e. The first-order valence-corrected chi connectivity index (χ1v) is 7.85. The number of hydrogen-bond donors (Lipinski definition) is 1. The Morgan fingerprint density at radius 1 is 1.24 bits per heavy atom. The van der Waals surface area contributed by atoms with E-state index in [0.29, 0.717) is 0 Å². The molecule has 1 unspecified atom stereocenters. The lowest BCUT2D eigenvalue weighted by atomic mass is 9.85. The van der Waals surface area contributed by atoms with Gasteiger partial charge in [-0.1, -0.05) is 39.0 Å². The van der Waals surface area contributed by atoms with Crippen LogP contribution < -0.4 is 0 Å². The lowest BCUT2D eigenvalue weighted by Gasteiger charge is -2.23. The summed E-state index contributed by atoms with van der Waals surface area (Å²) in [4.78, 5) is 2.79. The lowest BCUT2D eigenvalue weighted by molar-refractivity contribution is 0.131. The molecule has 0 amide bonds. The molecule has 0 bridgehead atoms. The lowest BCUT2D eigenvalue weighted by Crippen LogP contribution is -2.17. The highest BCUT2D eigenvalue weighted by Crippen LogP contribution is 2.28. The van der Waals surface area contributed by atoms with Gasteiger partial charge in [-0.3, -0.25) is 0 Å². The van der Waals surface area contributed by atoms with Gasteiger partial charge in [-0.25, -0.2) is 0 Å². The molecule has 1 fully saturated rings. The molecule has 0 aromatic carbocycles. The van der Waals surface area contributed by atoms with Gasteiger partial charge in [0.1, 0.15) is 0 Å². The van der Waals surface area contributed by atoms with Gasteiger partial charge in [0.25, 0.3) is 0 Å². The minimum absolute atomic E-state index is 0.124. The fraction of sp³-hybridized carbons (Fsp3) is 0.733. The molecule has 1 nitrogen and oxygen atoms in total. The highest BCUT2D eigenvalue weighted by molar-refractivity contribution is 7.11. The van der Waals surface area contributed by atoms with Gasteiger partial charge in [-0.05, 0) is 30.9 Å². The van der Waals surface area contributed by atoms with Crippen LogP contribution in [0.4, 0.5) is 0 Å². The summed E-state index contributed by atoms with van der Waals surface area (Å²) in [6.07, 6.45) is 9.68. The Bertz CT molecular complexity index is 325. The van der Waals surface area contributed by atoms with Crippen LogP contribution in [0, 0.1) is 5.92 Å². The van der Waals surface area contributed by atoms with Crippen molar-refractivity contribution in [2.24, 2.45) is 5.92 Å². The van der Waals surface area contributed by atoms with Crippen LogP contribution in [-0.2, 0) is 12.8 Å². The van der Waals surface area contributed by atoms with Gasteiger partial charge in [0, 0.05) is 16.2 Å². The first kappa shape index (κ1) is 13.1. The van der Waals surface area contributed by atoms with Gasteiger partial charge in [-0.2, -0.15) is 0 Å². The second kappa shape index (κ2) is 6.55. The van der Waals surface area contributed by atoms with E-state index in [9.17, 15) is 5.11 Å². The van der Waals surface area contributed by atoms with Crippen LogP contribution in [0.25, 0.3) is 0 Å². The van der Waals surface area contributed by atoms with E-state index in [4.69, 9.17) is 0 Å². The van der Waals surface area contributed by atoms with E-state index in [-0.39, 0.29) is 6.10 Å². The quantitative estimate of drug-likeness (QED) is 0.833. The molecule has 1 atom stereocenters. The molecule has 0 aliphatic heterocycles. The average Bonchev–Trinajstić information content (AvgIpc) is 2.78. The van der Waals surface area contributed by atoms with Crippen molar-refractivity contribution in [3.8, 4) is 0 Å². The Balaban J connectivity index is 1.77.